The van der Waals surface area contributed by atoms with Crippen LogP contribution in [0, 0.1) is 0 Å². The molecule has 0 N–H and O–H groups in total. The van der Waals surface area contributed by atoms with E-state index in [2.05, 4.69) is 60.9 Å². The molecule has 0 bridgehead atoms. The molecule has 0 saturated carbocycles. The van der Waals surface area contributed by atoms with Crippen molar-refractivity contribution < 1.29 is 0 Å². The number of imidazole rings is 1. The second kappa shape index (κ2) is 5.59. The van der Waals surface area contributed by atoms with E-state index in [0.29, 0.717) is 5.78 Å². The number of fused-ring (bicyclic) bond motifs is 2. The molecule has 4 aromatic rings. The zero-order valence-corrected chi connectivity index (χ0v) is 15.8. The van der Waals surface area contributed by atoms with Crippen LogP contribution in [0.15, 0.2) is 37.2 Å². The molecule has 0 spiro atoms. The van der Waals surface area contributed by atoms with Gasteiger partial charge in [0, 0.05) is 41.8 Å². The Hall–Kier alpha value is -2.83. The summed E-state index contributed by atoms with van der Waals surface area (Å²) >= 11 is 0. The normalized spacial score (nSPS) is 13.0. The molecular formula is C19H23N7. The molecule has 4 heterocycles. The van der Waals surface area contributed by atoms with Gasteiger partial charge >= 0.3 is 0 Å². The maximum atomic E-state index is 4.72. The Kier molecular flexibility index (Phi) is 3.57. The monoisotopic (exact) mass is 349 g/mol. The van der Waals surface area contributed by atoms with Crippen molar-refractivity contribution in [1.29, 1.82) is 0 Å². The van der Waals surface area contributed by atoms with Gasteiger partial charge in [-0.05, 0) is 12.0 Å². The van der Waals surface area contributed by atoms with E-state index in [1.54, 1.807) is 16.9 Å². The topological polar surface area (TPSA) is 73.3 Å². The zero-order chi connectivity index (χ0) is 18.5. The van der Waals surface area contributed by atoms with E-state index in [1.807, 2.05) is 23.0 Å². The third kappa shape index (κ3) is 2.94. The first kappa shape index (κ1) is 16.6. The quantitative estimate of drug-likeness (QED) is 0.568. The summed E-state index contributed by atoms with van der Waals surface area (Å²) in [5.74, 6) is 1.43. The van der Waals surface area contributed by atoms with Crippen LogP contribution < -0.4 is 0 Å². The third-order valence-electron chi connectivity index (χ3n) is 4.52. The van der Waals surface area contributed by atoms with Crippen LogP contribution in [0.5, 0.6) is 0 Å². The van der Waals surface area contributed by atoms with Gasteiger partial charge in [-0.15, -0.1) is 5.10 Å². The standard InChI is InChI=1S/C19H23N7/c1-18(2,3)16-23-17-21-9-13(11-26(17)24-16)8-19(4,5)14-12-25-7-6-20-10-15(25)22-14/h6-7,9-12H,8H2,1-5H3. The smallest absolute Gasteiger partial charge is 0.252 e. The summed E-state index contributed by atoms with van der Waals surface area (Å²) in [6.07, 6.45) is 12.2. The molecule has 7 heteroatoms. The number of hydrogen-bond acceptors (Lipinski definition) is 5. The van der Waals surface area contributed by atoms with Gasteiger partial charge in [0.2, 0.25) is 0 Å². The SMILES string of the molecule is CC(C)(C)c1nc2ncc(CC(C)(C)c3cn4ccncc4n3)cn2n1. The molecule has 4 aromatic heterocycles. The highest BCUT2D eigenvalue weighted by molar-refractivity contribution is 5.39. The summed E-state index contributed by atoms with van der Waals surface area (Å²) < 4.78 is 3.78. The van der Waals surface area contributed by atoms with E-state index in [0.717, 1.165) is 29.1 Å². The predicted octanol–water partition coefficient (Wildman–Crippen LogP) is 2.98. The number of aromatic nitrogens is 7. The van der Waals surface area contributed by atoms with E-state index >= 15 is 0 Å². The molecule has 0 amide bonds. The molecule has 134 valence electrons. The Labute approximate surface area is 152 Å². The summed E-state index contributed by atoms with van der Waals surface area (Å²) in [6, 6.07) is 0. The Morgan fingerprint density at radius 2 is 1.81 bits per heavy atom. The highest BCUT2D eigenvalue weighted by Crippen LogP contribution is 2.27. The third-order valence-corrected chi connectivity index (χ3v) is 4.52. The van der Waals surface area contributed by atoms with Crippen molar-refractivity contribution in [3.8, 4) is 0 Å². The van der Waals surface area contributed by atoms with Gasteiger partial charge in [-0.3, -0.25) is 4.98 Å². The largest absolute Gasteiger partial charge is 0.304 e. The Balaban J connectivity index is 1.66. The fraction of sp³-hybridized carbons (Fsp3) is 0.421. The lowest BCUT2D eigenvalue weighted by atomic mass is 9.84. The van der Waals surface area contributed by atoms with Gasteiger partial charge in [0.05, 0.1) is 11.9 Å². The van der Waals surface area contributed by atoms with E-state index in [1.165, 1.54) is 0 Å². The molecule has 0 aliphatic rings. The summed E-state index contributed by atoms with van der Waals surface area (Å²) in [5.41, 5.74) is 2.74. The van der Waals surface area contributed by atoms with Crippen LogP contribution in [0.4, 0.5) is 0 Å². The lowest BCUT2D eigenvalue weighted by Crippen LogP contribution is -2.21. The Bertz CT molecular complexity index is 1050. The van der Waals surface area contributed by atoms with E-state index in [9.17, 15) is 0 Å². The molecule has 0 aliphatic carbocycles. The Morgan fingerprint density at radius 1 is 1.00 bits per heavy atom. The lowest BCUT2D eigenvalue weighted by molar-refractivity contribution is 0.505. The van der Waals surface area contributed by atoms with Crippen LogP contribution in [0.3, 0.4) is 0 Å². The second-order valence-corrected chi connectivity index (χ2v) is 8.42. The van der Waals surface area contributed by atoms with Gasteiger partial charge in [-0.2, -0.15) is 4.98 Å². The highest BCUT2D eigenvalue weighted by Gasteiger charge is 2.26. The van der Waals surface area contributed by atoms with Crippen molar-refractivity contribution in [1.82, 2.24) is 34.0 Å². The van der Waals surface area contributed by atoms with Crippen molar-refractivity contribution in [3.63, 3.8) is 0 Å². The van der Waals surface area contributed by atoms with Crippen molar-refractivity contribution >= 4 is 11.4 Å². The van der Waals surface area contributed by atoms with Gasteiger partial charge in [0.1, 0.15) is 0 Å². The Morgan fingerprint density at radius 3 is 2.54 bits per heavy atom. The van der Waals surface area contributed by atoms with Crippen molar-refractivity contribution in [2.24, 2.45) is 0 Å². The molecule has 0 radical (unpaired) electrons. The predicted molar refractivity (Wildman–Crippen MR) is 99.2 cm³/mol. The molecular weight excluding hydrogens is 326 g/mol. The second-order valence-electron chi connectivity index (χ2n) is 8.42. The van der Waals surface area contributed by atoms with Gasteiger partial charge in [-0.25, -0.2) is 14.5 Å². The van der Waals surface area contributed by atoms with E-state index in [4.69, 9.17) is 4.98 Å². The summed E-state index contributed by atoms with van der Waals surface area (Å²) in [7, 11) is 0. The number of hydrogen-bond donors (Lipinski definition) is 0. The number of rotatable bonds is 3. The van der Waals surface area contributed by atoms with Crippen LogP contribution in [0.2, 0.25) is 0 Å². The minimum absolute atomic E-state index is 0.0995. The zero-order valence-electron chi connectivity index (χ0n) is 15.8. The van der Waals surface area contributed by atoms with Crippen molar-refractivity contribution in [3.05, 3.63) is 54.3 Å². The van der Waals surface area contributed by atoms with Crippen LogP contribution in [0.1, 0.15) is 51.7 Å². The van der Waals surface area contributed by atoms with Crippen LogP contribution in [0.25, 0.3) is 11.4 Å². The summed E-state index contributed by atoms with van der Waals surface area (Å²) in [6.45, 7) is 10.7. The molecule has 0 aliphatic heterocycles. The molecule has 0 aromatic carbocycles. The van der Waals surface area contributed by atoms with Gasteiger partial charge in [0.15, 0.2) is 11.5 Å². The van der Waals surface area contributed by atoms with Crippen LogP contribution in [-0.2, 0) is 17.3 Å². The van der Waals surface area contributed by atoms with Gasteiger partial charge in [0.25, 0.3) is 5.78 Å². The number of nitrogens with zero attached hydrogens (tertiary/aromatic N) is 7. The lowest BCUT2D eigenvalue weighted by Gasteiger charge is -2.22. The van der Waals surface area contributed by atoms with Gasteiger partial charge in [-0.1, -0.05) is 34.6 Å². The molecule has 4 rings (SSSR count). The molecule has 0 fully saturated rings. The first-order chi connectivity index (χ1) is 12.2. The summed E-state index contributed by atoms with van der Waals surface area (Å²) in [4.78, 5) is 17.9. The fourth-order valence-corrected chi connectivity index (χ4v) is 3.00. The molecule has 7 nitrogen and oxygen atoms in total. The highest BCUT2D eigenvalue weighted by atomic mass is 15.3. The average molecular weight is 349 g/mol. The van der Waals surface area contributed by atoms with E-state index in [-0.39, 0.29) is 10.8 Å². The fourth-order valence-electron chi connectivity index (χ4n) is 3.00. The molecule has 0 saturated heterocycles. The maximum absolute atomic E-state index is 4.72. The molecule has 0 atom stereocenters. The first-order valence-corrected chi connectivity index (χ1v) is 8.73. The van der Waals surface area contributed by atoms with Gasteiger partial charge < -0.3 is 4.40 Å². The summed E-state index contributed by atoms with van der Waals surface area (Å²) in [5, 5.41) is 4.60. The minimum Gasteiger partial charge on any atom is -0.304 e. The molecule has 26 heavy (non-hydrogen) atoms. The average Bonchev–Trinajstić information content (AvgIpc) is 3.18. The minimum atomic E-state index is -0.144. The maximum Gasteiger partial charge on any atom is 0.252 e. The van der Waals surface area contributed by atoms with Crippen LogP contribution >= 0.6 is 0 Å². The van der Waals surface area contributed by atoms with Crippen LogP contribution in [-0.4, -0.2) is 34.0 Å². The van der Waals surface area contributed by atoms with Crippen molar-refractivity contribution in [2.75, 3.05) is 0 Å². The van der Waals surface area contributed by atoms with Crippen molar-refractivity contribution in [2.45, 2.75) is 51.9 Å². The molecule has 0 unspecified atom stereocenters. The van der Waals surface area contributed by atoms with E-state index < -0.39 is 0 Å². The first-order valence-electron chi connectivity index (χ1n) is 8.73.